The summed E-state index contributed by atoms with van der Waals surface area (Å²) in [5, 5.41) is 151. The quantitative estimate of drug-likeness (QED) is 0.0816. The molecule has 21 nitrogen and oxygen atoms in total. The van der Waals surface area contributed by atoms with E-state index in [1.807, 2.05) is 0 Å². The van der Waals surface area contributed by atoms with Gasteiger partial charge in [0.2, 0.25) is 0 Å². The van der Waals surface area contributed by atoms with Gasteiger partial charge in [-0.2, -0.15) is 0 Å². The highest BCUT2D eigenvalue weighted by Gasteiger charge is 2.54. The van der Waals surface area contributed by atoms with Crippen LogP contribution in [0.5, 0.6) is 0 Å². The average molecular weight is 669 g/mol. The molecule has 3 aliphatic heterocycles. The minimum Gasteiger partial charge on any atom is -0.394 e. The van der Waals surface area contributed by atoms with Crippen molar-refractivity contribution in [1.29, 1.82) is 0 Å². The van der Waals surface area contributed by atoms with E-state index in [0.29, 0.717) is 0 Å². The normalized spacial score (nSPS) is 45.5. The molecule has 3 saturated heterocycles. The van der Waals surface area contributed by atoms with E-state index < -0.39 is 150 Å². The monoisotopic (exact) mass is 668 g/mol. The van der Waals surface area contributed by atoms with Crippen molar-refractivity contribution in [3.8, 4) is 0 Å². The summed E-state index contributed by atoms with van der Waals surface area (Å²) in [4.78, 5) is 0. The molecular formula is C24H44O21. The Kier molecular flexibility index (Phi) is 14.6. The lowest BCUT2D eigenvalue weighted by Gasteiger charge is -2.48. The molecule has 19 atom stereocenters. The molecule has 3 rings (SSSR count). The van der Waals surface area contributed by atoms with E-state index in [2.05, 4.69) is 0 Å². The lowest BCUT2D eigenvalue weighted by atomic mass is 9.96. The van der Waals surface area contributed by atoms with E-state index >= 15 is 0 Å². The van der Waals surface area contributed by atoms with Gasteiger partial charge in [-0.3, -0.25) is 0 Å². The van der Waals surface area contributed by atoms with E-state index in [1.165, 1.54) is 0 Å². The number of hydrogen-bond acceptors (Lipinski definition) is 21. The fourth-order valence-electron chi connectivity index (χ4n) is 5.13. The third-order valence-electron chi connectivity index (χ3n) is 7.85. The molecule has 0 amide bonds. The summed E-state index contributed by atoms with van der Waals surface area (Å²) in [6, 6.07) is 0. The van der Waals surface area contributed by atoms with Gasteiger partial charge in [-0.1, -0.05) is 0 Å². The summed E-state index contributed by atoms with van der Waals surface area (Å²) in [6.45, 7) is -4.67. The maximum atomic E-state index is 11.0. The summed E-state index contributed by atoms with van der Waals surface area (Å²) in [5.74, 6) is 0. The fourth-order valence-corrected chi connectivity index (χ4v) is 5.13. The van der Waals surface area contributed by atoms with Crippen LogP contribution in [-0.2, 0) is 28.4 Å². The second kappa shape index (κ2) is 17.0. The average Bonchev–Trinajstić information content (AvgIpc) is 3.04. The predicted molar refractivity (Wildman–Crippen MR) is 136 cm³/mol. The number of ether oxygens (including phenoxy) is 6. The van der Waals surface area contributed by atoms with Crippen LogP contribution in [0.2, 0.25) is 0 Å². The molecule has 21 heteroatoms. The van der Waals surface area contributed by atoms with E-state index in [0.717, 1.165) is 0 Å². The van der Waals surface area contributed by atoms with Gasteiger partial charge in [0.25, 0.3) is 0 Å². The number of hydrogen-bond donors (Lipinski definition) is 15. The highest BCUT2D eigenvalue weighted by atomic mass is 16.8. The largest absolute Gasteiger partial charge is 0.394 e. The van der Waals surface area contributed by atoms with Gasteiger partial charge in [-0.15, -0.1) is 0 Å². The van der Waals surface area contributed by atoms with Gasteiger partial charge in [-0.05, 0) is 0 Å². The van der Waals surface area contributed by atoms with Crippen molar-refractivity contribution >= 4 is 0 Å². The Morgan fingerprint density at radius 2 is 0.933 bits per heavy atom. The Bertz CT molecular complexity index is 869. The first kappa shape index (κ1) is 38.6. The second-order valence-electron chi connectivity index (χ2n) is 10.9. The van der Waals surface area contributed by atoms with Crippen LogP contribution >= 0.6 is 0 Å². The van der Waals surface area contributed by atoms with E-state index in [-0.39, 0.29) is 0 Å². The Balaban J connectivity index is 1.78. The van der Waals surface area contributed by atoms with Crippen LogP contribution in [0.25, 0.3) is 0 Å². The van der Waals surface area contributed by atoms with Crippen molar-refractivity contribution in [2.45, 2.75) is 117 Å². The zero-order chi connectivity index (χ0) is 33.7. The van der Waals surface area contributed by atoms with Gasteiger partial charge >= 0.3 is 0 Å². The highest BCUT2D eigenvalue weighted by molar-refractivity contribution is 4.97. The molecule has 266 valence electrons. The lowest BCUT2D eigenvalue weighted by Crippen LogP contribution is -2.67. The molecule has 45 heavy (non-hydrogen) atoms. The molecule has 3 fully saturated rings. The Morgan fingerprint density at radius 1 is 0.467 bits per heavy atom. The maximum absolute atomic E-state index is 11.0. The van der Waals surface area contributed by atoms with E-state index in [9.17, 15) is 71.5 Å². The summed E-state index contributed by atoms with van der Waals surface area (Å²) in [7, 11) is 0. The Labute approximate surface area is 255 Å². The maximum Gasteiger partial charge on any atom is 0.187 e. The number of aliphatic hydroxyl groups excluding tert-OH is 15. The van der Waals surface area contributed by atoms with E-state index in [1.54, 1.807) is 0 Å². The van der Waals surface area contributed by atoms with Crippen molar-refractivity contribution in [3.05, 3.63) is 0 Å². The second-order valence-corrected chi connectivity index (χ2v) is 10.9. The molecule has 0 spiro atoms. The fraction of sp³-hybridized carbons (Fsp3) is 1.00. The summed E-state index contributed by atoms with van der Waals surface area (Å²) < 4.78 is 32.4. The van der Waals surface area contributed by atoms with E-state index in [4.69, 9.17) is 33.5 Å². The lowest BCUT2D eigenvalue weighted by molar-refractivity contribution is -0.384. The minimum absolute atomic E-state index is 0.815. The number of rotatable bonds is 14. The first-order valence-electron chi connectivity index (χ1n) is 14.0. The van der Waals surface area contributed by atoms with Crippen molar-refractivity contribution in [2.24, 2.45) is 0 Å². The van der Waals surface area contributed by atoms with Crippen LogP contribution in [0, 0.1) is 0 Å². The molecule has 0 bridgehead atoms. The van der Waals surface area contributed by atoms with Gasteiger partial charge < -0.3 is 105 Å². The first-order valence-corrected chi connectivity index (χ1v) is 14.0. The molecule has 0 aliphatic carbocycles. The smallest absolute Gasteiger partial charge is 0.187 e. The molecule has 0 saturated carbocycles. The van der Waals surface area contributed by atoms with Crippen LogP contribution in [0.4, 0.5) is 0 Å². The van der Waals surface area contributed by atoms with Gasteiger partial charge in [-0.25, -0.2) is 0 Å². The molecule has 15 N–H and O–H groups in total. The standard InChI is InChI=1S/C24H44O21/c25-1-6(30)11(32)19(7(31)2-26)43-23-17(38)15(36)20(10(5-29)42-23)44-24-18(39)21(13(34)9(4-28)41-24)45-22-16(37)14(35)12(33)8(3-27)40-22/h6-39H,1-5H2/t6-,7+,8+,9+,10+,11+,12-,13+,14-,15+,16+,17+,18+,19+,20+,21-,22-,23-,24-/m0/s1. The third kappa shape index (κ3) is 8.43. The van der Waals surface area contributed by atoms with Crippen LogP contribution in [0.3, 0.4) is 0 Å². The van der Waals surface area contributed by atoms with Crippen molar-refractivity contribution in [1.82, 2.24) is 0 Å². The van der Waals surface area contributed by atoms with Crippen molar-refractivity contribution in [2.75, 3.05) is 33.0 Å². The molecule has 3 heterocycles. The first-order chi connectivity index (χ1) is 21.2. The Morgan fingerprint density at radius 3 is 1.47 bits per heavy atom. The molecule has 0 aromatic heterocycles. The molecule has 0 unspecified atom stereocenters. The SMILES string of the molecule is OC[C@@H](O)[C@@H](O[C@@H]1O[C@H](CO)[C@@H](O[C@@H]2O[C@H](CO)[C@@H](O)[C@H](O[C@@H]3O[C@H](CO)[C@H](O)[C@H](O)[C@H]3O)[C@H]2O)[C@H](O)[C@H]1O)[C@H](O)[C@@H](O)CO. The van der Waals surface area contributed by atoms with Gasteiger partial charge in [0.05, 0.1) is 33.0 Å². The summed E-state index contributed by atoms with van der Waals surface area (Å²) >= 11 is 0. The Hall–Kier alpha value is -0.840. The van der Waals surface area contributed by atoms with Crippen molar-refractivity contribution in [3.63, 3.8) is 0 Å². The van der Waals surface area contributed by atoms with Crippen molar-refractivity contribution < 1.29 is 105 Å². The predicted octanol–water partition coefficient (Wildman–Crippen LogP) is -10.1. The van der Waals surface area contributed by atoms with Crippen LogP contribution in [-0.4, -0.2) is 226 Å². The van der Waals surface area contributed by atoms with Crippen LogP contribution < -0.4 is 0 Å². The summed E-state index contributed by atoms with van der Waals surface area (Å²) in [5.41, 5.74) is 0. The topological polar surface area (TPSA) is 359 Å². The number of aliphatic hydroxyl groups is 15. The highest BCUT2D eigenvalue weighted by Crippen LogP contribution is 2.33. The molecule has 0 aromatic rings. The summed E-state index contributed by atoms with van der Waals surface area (Å²) in [6.07, 6.45) is -35.1. The molecule has 0 radical (unpaired) electrons. The van der Waals surface area contributed by atoms with Gasteiger partial charge in [0.1, 0.15) is 97.7 Å². The van der Waals surface area contributed by atoms with Crippen LogP contribution in [0.15, 0.2) is 0 Å². The van der Waals surface area contributed by atoms with Gasteiger partial charge in [0, 0.05) is 0 Å². The van der Waals surface area contributed by atoms with Crippen LogP contribution in [0.1, 0.15) is 0 Å². The molecule has 0 aromatic carbocycles. The van der Waals surface area contributed by atoms with Gasteiger partial charge in [0.15, 0.2) is 18.9 Å². The third-order valence-corrected chi connectivity index (χ3v) is 7.85. The molecular weight excluding hydrogens is 624 g/mol. The minimum atomic E-state index is -2.09. The molecule has 3 aliphatic rings. The zero-order valence-electron chi connectivity index (χ0n) is 23.7. The zero-order valence-corrected chi connectivity index (χ0v) is 23.7.